The quantitative estimate of drug-likeness (QED) is 0.0605. The predicted molar refractivity (Wildman–Crippen MR) is 235 cm³/mol. The van der Waals surface area contributed by atoms with Crippen LogP contribution in [0.2, 0.25) is 0 Å². The summed E-state index contributed by atoms with van der Waals surface area (Å²) >= 11 is 0. The number of methoxy groups -OCH3 is 1. The van der Waals surface area contributed by atoms with Gasteiger partial charge in [-0.2, -0.15) is 10.2 Å². The number of hydrogen-bond donors (Lipinski definition) is 5. The summed E-state index contributed by atoms with van der Waals surface area (Å²) in [5.74, 6) is 0.427. The number of aliphatic hydroxyl groups excluding tert-OH is 1. The molecule has 0 bridgehead atoms. The molecular weight excluding hydrogens is 773 g/mol. The smallest absolute Gasteiger partial charge is 0.335 e. The number of ether oxygens (including phenoxy) is 1. The number of aryl methyl sites for hydroxylation is 4. The molecule has 326 valence electrons. The highest BCUT2D eigenvalue weighted by Crippen LogP contribution is 2.31. The van der Waals surface area contributed by atoms with Gasteiger partial charge in [-0.15, -0.1) is 0 Å². The topological polar surface area (TPSA) is 234 Å². The van der Waals surface area contributed by atoms with Gasteiger partial charge in [0.1, 0.15) is 40.2 Å². The van der Waals surface area contributed by atoms with E-state index < -0.39 is 5.97 Å². The number of aldehydes is 3. The summed E-state index contributed by atoms with van der Waals surface area (Å²) in [6.07, 6.45) is 6.15. The van der Waals surface area contributed by atoms with E-state index in [9.17, 15) is 29.4 Å². The minimum absolute atomic E-state index is 0.0287. The second-order valence-corrected chi connectivity index (χ2v) is 11.7. The molecule has 0 aliphatic carbocycles. The van der Waals surface area contributed by atoms with Gasteiger partial charge in [0.05, 0.1) is 35.1 Å². The number of fused-ring (bicyclic) bond motifs is 2. The van der Waals surface area contributed by atoms with E-state index in [1.807, 2.05) is 72.1 Å². The van der Waals surface area contributed by atoms with Crippen LogP contribution in [0.3, 0.4) is 0 Å². The summed E-state index contributed by atoms with van der Waals surface area (Å²) in [6, 6.07) is 9.56. The Kier molecular flexibility index (Phi) is 22.4. The number of carbonyl (C=O) groups excluding carboxylic acids is 3. The molecule has 0 amide bonds. The summed E-state index contributed by atoms with van der Waals surface area (Å²) in [4.78, 5) is 52.2. The molecule has 60 heavy (non-hydrogen) atoms. The second kappa shape index (κ2) is 26.2. The van der Waals surface area contributed by atoms with Gasteiger partial charge >= 0.3 is 5.97 Å². The Morgan fingerprint density at radius 3 is 1.53 bits per heavy atom. The van der Waals surface area contributed by atoms with Crippen molar-refractivity contribution in [2.24, 2.45) is 0 Å². The van der Waals surface area contributed by atoms with Crippen LogP contribution in [0.15, 0.2) is 48.6 Å². The molecule has 18 nitrogen and oxygen atoms in total. The summed E-state index contributed by atoms with van der Waals surface area (Å²) in [5.41, 5.74) is 5.74. The Hall–Kier alpha value is -6.82. The van der Waals surface area contributed by atoms with Gasteiger partial charge in [-0.25, -0.2) is 14.8 Å². The number of allylic oxidation sites excluding steroid dienone is 2. The number of nitrogens with zero attached hydrogens (tertiary/aromatic N) is 8. The normalized spacial score (nSPS) is 10.0. The van der Waals surface area contributed by atoms with Crippen molar-refractivity contribution in [3.63, 3.8) is 0 Å². The molecule has 18 heteroatoms. The first-order chi connectivity index (χ1) is 29.0. The molecule has 6 rings (SSSR count). The van der Waals surface area contributed by atoms with Gasteiger partial charge in [0.2, 0.25) is 11.9 Å². The first-order valence-corrected chi connectivity index (χ1v) is 19.4. The van der Waals surface area contributed by atoms with Crippen LogP contribution in [0.5, 0.6) is 11.5 Å². The highest BCUT2D eigenvalue weighted by Gasteiger charge is 2.18. The summed E-state index contributed by atoms with van der Waals surface area (Å²) in [5, 5.41) is 41.0. The number of aromatic nitrogens is 8. The Morgan fingerprint density at radius 2 is 1.17 bits per heavy atom. The number of aromatic carboxylic acids is 1. The zero-order valence-corrected chi connectivity index (χ0v) is 36.6. The minimum atomic E-state index is -1.06. The van der Waals surface area contributed by atoms with Gasteiger partial charge in [0.25, 0.3) is 0 Å². The number of anilines is 2. The maximum Gasteiger partial charge on any atom is 0.335 e. The van der Waals surface area contributed by atoms with Crippen LogP contribution in [0.4, 0.5) is 11.9 Å². The zero-order valence-electron chi connectivity index (χ0n) is 36.6. The highest BCUT2D eigenvalue weighted by molar-refractivity contribution is 5.96. The lowest BCUT2D eigenvalue weighted by atomic mass is 10.2. The van der Waals surface area contributed by atoms with Crippen LogP contribution in [-0.2, 0) is 26.2 Å². The Bertz CT molecular complexity index is 2270. The van der Waals surface area contributed by atoms with Crippen molar-refractivity contribution in [2.75, 3.05) is 38.9 Å². The highest BCUT2D eigenvalue weighted by atomic mass is 16.5. The fourth-order valence-corrected chi connectivity index (χ4v) is 5.77. The standard InChI is InChI=1S/C23H24N6O5.2C7H10N2O.2C2H6.CH4O/c1-24-22-26-15-8-13(12-30)9-17(31)19(15)28(22)6-4-5-7-29-20-16(27-23(29)25-2)10-14(21(32)33)11-18(20)34-3;2*1-3-9-7(5-10)4-6(2)8-9;3*1-2/h4-5,8-12,31H,6-7H2,1-3H3,(H,24,26)(H,25,27)(H,32,33);2*4-5H,3H2,1-2H3;2*1-2H3;2H,1H3/b5-4+;;;;;. The van der Waals surface area contributed by atoms with Crippen molar-refractivity contribution in [1.29, 1.82) is 0 Å². The number of rotatable bonds is 13. The van der Waals surface area contributed by atoms with Crippen LogP contribution in [-0.4, -0.2) is 107 Å². The zero-order chi connectivity index (χ0) is 45.5. The van der Waals surface area contributed by atoms with Crippen LogP contribution in [0.25, 0.3) is 22.1 Å². The van der Waals surface area contributed by atoms with Gasteiger partial charge in [-0.1, -0.05) is 39.8 Å². The molecule has 0 unspecified atom stereocenters. The summed E-state index contributed by atoms with van der Waals surface area (Å²) < 4.78 is 12.5. The fourth-order valence-electron chi connectivity index (χ4n) is 5.77. The second-order valence-electron chi connectivity index (χ2n) is 11.7. The van der Waals surface area contributed by atoms with Crippen molar-refractivity contribution in [2.45, 2.75) is 81.6 Å². The molecule has 0 fully saturated rings. The van der Waals surface area contributed by atoms with E-state index in [0.29, 0.717) is 76.0 Å². The Labute approximate surface area is 350 Å². The van der Waals surface area contributed by atoms with Crippen LogP contribution >= 0.6 is 0 Å². The number of phenols is 1. The third kappa shape index (κ3) is 12.8. The maximum absolute atomic E-state index is 11.4. The Morgan fingerprint density at radius 1 is 0.717 bits per heavy atom. The molecule has 6 aromatic rings. The van der Waals surface area contributed by atoms with Crippen molar-refractivity contribution in [1.82, 2.24) is 38.7 Å². The van der Waals surface area contributed by atoms with Crippen LogP contribution < -0.4 is 15.4 Å². The van der Waals surface area contributed by atoms with Gasteiger partial charge in [-0.05, 0) is 64.1 Å². The monoisotopic (exact) mass is 832 g/mol. The molecule has 2 aromatic carbocycles. The summed E-state index contributed by atoms with van der Waals surface area (Å²) in [7, 11) is 5.95. The average molecular weight is 833 g/mol. The number of carboxylic acid groups (broad SMARTS) is 1. The average Bonchev–Trinajstić information content (AvgIpc) is 4.05. The van der Waals surface area contributed by atoms with Gasteiger partial charge < -0.3 is 39.8 Å². The number of hydrogen-bond acceptors (Lipinski definition) is 13. The van der Waals surface area contributed by atoms with E-state index in [4.69, 9.17) is 9.84 Å². The van der Waals surface area contributed by atoms with E-state index in [1.165, 1.54) is 25.3 Å². The SMILES string of the molecule is CC.CC.CCn1nc(C)cc1C=O.CCn1nc(C)cc1C=O.CNc1nc2cc(C=O)cc(O)c2n1C/C=C/Cn1c(NC)nc2cc(C(=O)O)cc(OC)c21.CO. The lowest BCUT2D eigenvalue weighted by Crippen LogP contribution is -2.05. The van der Waals surface area contributed by atoms with Gasteiger partial charge in [0, 0.05) is 52.9 Å². The molecule has 0 saturated carbocycles. The molecule has 5 N–H and O–H groups in total. The third-order valence-corrected chi connectivity index (χ3v) is 8.15. The molecule has 0 atom stereocenters. The number of aromatic hydroxyl groups is 1. The van der Waals surface area contributed by atoms with Crippen molar-refractivity contribution >= 4 is 58.8 Å². The summed E-state index contributed by atoms with van der Waals surface area (Å²) in [6.45, 7) is 18.0. The van der Waals surface area contributed by atoms with Crippen LogP contribution in [0, 0.1) is 13.8 Å². The molecule has 0 aliphatic rings. The maximum atomic E-state index is 11.4. The lowest BCUT2D eigenvalue weighted by Gasteiger charge is -2.10. The first-order valence-electron chi connectivity index (χ1n) is 19.4. The van der Waals surface area contributed by atoms with E-state index >= 15 is 0 Å². The van der Waals surface area contributed by atoms with Crippen molar-refractivity contribution in [3.05, 3.63) is 82.5 Å². The molecule has 0 spiro atoms. The molecular formula is C42H60N10O8. The largest absolute Gasteiger partial charge is 0.506 e. The molecule has 4 heterocycles. The third-order valence-electron chi connectivity index (χ3n) is 8.15. The van der Waals surface area contributed by atoms with Gasteiger partial charge in [-0.3, -0.25) is 23.7 Å². The van der Waals surface area contributed by atoms with Crippen LogP contribution in [0.1, 0.15) is 94.6 Å². The molecule has 0 saturated heterocycles. The van der Waals surface area contributed by atoms with E-state index in [2.05, 4.69) is 30.8 Å². The molecule has 4 aromatic heterocycles. The predicted octanol–water partition coefficient (Wildman–Crippen LogP) is 6.66. The number of imidazole rings is 2. The van der Waals surface area contributed by atoms with Gasteiger partial charge in [0.15, 0.2) is 12.6 Å². The first kappa shape index (κ1) is 51.2. The van der Waals surface area contributed by atoms with Crippen molar-refractivity contribution < 1.29 is 39.2 Å². The number of phenolic OH excluding ortho intramolecular Hbond substituents is 1. The fraction of sp³-hybridized carbons (Fsp3) is 0.381. The van der Waals surface area contributed by atoms with E-state index in [1.54, 1.807) is 46.2 Å². The number of aliphatic hydroxyl groups is 1. The number of carbonyl (C=O) groups is 4. The number of carboxylic acids is 1. The molecule has 0 aliphatic heterocycles. The van der Waals surface area contributed by atoms with E-state index in [0.717, 1.165) is 44.2 Å². The number of benzene rings is 2. The minimum Gasteiger partial charge on any atom is -0.506 e. The molecule has 0 radical (unpaired) electrons. The van der Waals surface area contributed by atoms with E-state index in [-0.39, 0.29) is 11.3 Å². The Balaban J connectivity index is 0.000000562. The van der Waals surface area contributed by atoms with Crippen molar-refractivity contribution in [3.8, 4) is 11.5 Å². The number of nitrogens with one attached hydrogen (secondary N) is 2. The lowest BCUT2D eigenvalue weighted by molar-refractivity contribution is 0.0696.